The average molecular weight is 381 g/mol. The van der Waals surface area contributed by atoms with Gasteiger partial charge < -0.3 is 0 Å². The molecular formula is C20H20FN5O2. The molecule has 0 saturated heterocycles. The molecule has 0 spiro atoms. The number of benzene rings is 1. The Balaban J connectivity index is 1.52. The first-order valence-electron chi connectivity index (χ1n) is 9.10. The van der Waals surface area contributed by atoms with Crippen LogP contribution in [0.2, 0.25) is 0 Å². The van der Waals surface area contributed by atoms with Crippen LogP contribution in [0.3, 0.4) is 0 Å². The highest BCUT2D eigenvalue weighted by molar-refractivity contribution is 6.07. The molecule has 1 aromatic carbocycles. The molecule has 0 unspecified atom stereocenters. The van der Waals surface area contributed by atoms with Crippen molar-refractivity contribution < 1.29 is 14.0 Å². The van der Waals surface area contributed by atoms with Crippen molar-refractivity contribution in [3.8, 4) is 0 Å². The minimum Gasteiger partial charge on any atom is -0.273 e. The highest BCUT2D eigenvalue weighted by Gasteiger charge is 2.28. The molecule has 0 radical (unpaired) electrons. The molecule has 2 N–H and O–H groups in total. The molecule has 144 valence electrons. The number of carbonyl (C=O) groups excluding carboxylic acids is 2. The molecule has 1 aliphatic carbocycles. The topological polar surface area (TPSA) is 88.9 Å². The van der Waals surface area contributed by atoms with E-state index in [0.29, 0.717) is 33.8 Å². The Labute approximate surface area is 160 Å². The van der Waals surface area contributed by atoms with Gasteiger partial charge in [-0.2, -0.15) is 5.10 Å². The second-order valence-corrected chi connectivity index (χ2v) is 7.08. The van der Waals surface area contributed by atoms with Gasteiger partial charge in [0.25, 0.3) is 5.91 Å². The first kappa shape index (κ1) is 18.1. The molecule has 0 aliphatic heterocycles. The summed E-state index contributed by atoms with van der Waals surface area (Å²) in [5.41, 5.74) is 8.22. The van der Waals surface area contributed by atoms with E-state index in [4.69, 9.17) is 0 Å². The Kier molecular flexibility index (Phi) is 4.54. The summed E-state index contributed by atoms with van der Waals surface area (Å²) in [6.07, 6.45) is 2.15. The largest absolute Gasteiger partial charge is 0.273 e. The quantitative estimate of drug-likeness (QED) is 0.679. The number of fused-ring (bicyclic) bond motifs is 1. The molecule has 4 rings (SSSR count). The number of nitrogens with zero attached hydrogens (tertiary/aromatic N) is 3. The van der Waals surface area contributed by atoms with E-state index in [-0.39, 0.29) is 12.2 Å². The van der Waals surface area contributed by atoms with Crippen LogP contribution in [0.15, 0.2) is 30.3 Å². The van der Waals surface area contributed by atoms with Crippen molar-refractivity contribution in [3.63, 3.8) is 0 Å². The Morgan fingerprint density at radius 1 is 1.21 bits per heavy atom. The number of nitrogens with one attached hydrogen (secondary N) is 2. The van der Waals surface area contributed by atoms with Crippen LogP contribution in [-0.2, 0) is 18.3 Å². The van der Waals surface area contributed by atoms with Gasteiger partial charge in [0.05, 0.1) is 23.1 Å². The highest BCUT2D eigenvalue weighted by atomic mass is 19.1. The van der Waals surface area contributed by atoms with E-state index in [0.717, 1.165) is 18.5 Å². The van der Waals surface area contributed by atoms with Crippen molar-refractivity contribution in [2.45, 2.75) is 32.1 Å². The van der Waals surface area contributed by atoms with Crippen molar-refractivity contribution >= 4 is 22.8 Å². The molecule has 0 atom stereocenters. The lowest BCUT2D eigenvalue weighted by Crippen LogP contribution is -2.42. The number of hydrogen-bond acceptors (Lipinski definition) is 4. The van der Waals surface area contributed by atoms with Crippen LogP contribution in [0.4, 0.5) is 4.39 Å². The molecular weight excluding hydrogens is 361 g/mol. The van der Waals surface area contributed by atoms with Crippen LogP contribution >= 0.6 is 0 Å². The maximum absolute atomic E-state index is 13.0. The monoisotopic (exact) mass is 381 g/mol. The molecule has 28 heavy (non-hydrogen) atoms. The fourth-order valence-electron chi connectivity index (χ4n) is 3.26. The maximum atomic E-state index is 13.0. The lowest BCUT2D eigenvalue weighted by atomic mass is 10.1. The lowest BCUT2D eigenvalue weighted by Gasteiger charge is -2.10. The van der Waals surface area contributed by atoms with Crippen LogP contribution in [0, 0.1) is 12.7 Å². The van der Waals surface area contributed by atoms with Crippen LogP contribution in [0.25, 0.3) is 11.0 Å². The smallest absolute Gasteiger partial charge is 0.270 e. The van der Waals surface area contributed by atoms with Gasteiger partial charge in [-0.25, -0.2) is 9.37 Å². The second-order valence-electron chi connectivity index (χ2n) is 7.08. The van der Waals surface area contributed by atoms with E-state index >= 15 is 0 Å². The highest BCUT2D eigenvalue weighted by Crippen LogP contribution is 2.40. The number of aromatic nitrogens is 3. The fraction of sp³-hybridized carbons (Fsp3) is 0.300. The summed E-state index contributed by atoms with van der Waals surface area (Å²) in [6.45, 7) is 1.82. The number of hydrazine groups is 1. The van der Waals surface area contributed by atoms with Crippen molar-refractivity contribution in [1.82, 2.24) is 25.6 Å². The average Bonchev–Trinajstić information content (AvgIpc) is 3.48. The minimum absolute atomic E-state index is 0.0333. The Bertz CT molecular complexity index is 1070. The van der Waals surface area contributed by atoms with Gasteiger partial charge in [-0.05, 0) is 43.5 Å². The fourth-order valence-corrected chi connectivity index (χ4v) is 3.26. The molecule has 0 bridgehead atoms. The molecule has 1 saturated carbocycles. The van der Waals surface area contributed by atoms with Crippen molar-refractivity contribution in [1.29, 1.82) is 0 Å². The van der Waals surface area contributed by atoms with Crippen LogP contribution in [-0.4, -0.2) is 26.6 Å². The molecule has 2 aromatic heterocycles. The summed E-state index contributed by atoms with van der Waals surface area (Å²) in [7, 11) is 1.80. The number of carbonyl (C=O) groups is 2. The third kappa shape index (κ3) is 3.58. The maximum Gasteiger partial charge on any atom is 0.270 e. The van der Waals surface area contributed by atoms with Gasteiger partial charge in [-0.15, -0.1) is 0 Å². The SMILES string of the molecule is Cc1nn(C)c2nc(C3CC3)cc(C(=O)NNC(=O)Cc3ccc(F)cc3)c12. The summed E-state index contributed by atoms with van der Waals surface area (Å²) in [4.78, 5) is 29.5. The molecule has 3 aromatic rings. The standard InChI is InChI=1S/C20H20FN5O2/c1-11-18-15(10-16(13-5-6-13)22-19(18)26(2)25-11)20(28)24-23-17(27)9-12-3-7-14(21)8-4-12/h3-4,7-8,10,13H,5-6,9H2,1-2H3,(H,23,27)(H,24,28). The second kappa shape index (κ2) is 7.03. The van der Waals surface area contributed by atoms with Gasteiger partial charge in [0.15, 0.2) is 5.65 Å². The predicted molar refractivity (Wildman–Crippen MR) is 101 cm³/mol. The minimum atomic E-state index is -0.419. The summed E-state index contributed by atoms with van der Waals surface area (Å²) >= 11 is 0. The summed E-state index contributed by atoms with van der Waals surface area (Å²) in [6, 6.07) is 7.43. The zero-order chi connectivity index (χ0) is 19.8. The normalized spacial score (nSPS) is 13.5. The van der Waals surface area contributed by atoms with E-state index in [1.807, 2.05) is 6.92 Å². The van der Waals surface area contributed by atoms with Crippen LogP contribution < -0.4 is 10.9 Å². The van der Waals surface area contributed by atoms with Crippen LogP contribution in [0.1, 0.15) is 46.1 Å². The first-order valence-corrected chi connectivity index (χ1v) is 9.10. The predicted octanol–water partition coefficient (Wildman–Crippen LogP) is 2.30. The van der Waals surface area contributed by atoms with E-state index in [2.05, 4.69) is 20.9 Å². The van der Waals surface area contributed by atoms with Crippen molar-refractivity contribution in [2.24, 2.45) is 7.05 Å². The molecule has 7 nitrogen and oxygen atoms in total. The van der Waals surface area contributed by atoms with Gasteiger partial charge in [0.2, 0.25) is 5.91 Å². The van der Waals surface area contributed by atoms with Gasteiger partial charge in [0, 0.05) is 18.7 Å². The molecule has 2 amide bonds. The lowest BCUT2D eigenvalue weighted by molar-refractivity contribution is -0.121. The van der Waals surface area contributed by atoms with Crippen molar-refractivity contribution in [3.05, 3.63) is 58.7 Å². The molecule has 2 heterocycles. The summed E-state index contributed by atoms with van der Waals surface area (Å²) in [5.74, 6) is -0.801. The van der Waals surface area contributed by atoms with E-state index in [9.17, 15) is 14.0 Å². The van der Waals surface area contributed by atoms with E-state index in [1.165, 1.54) is 24.3 Å². The number of amides is 2. The third-order valence-electron chi connectivity index (χ3n) is 4.82. The third-order valence-corrected chi connectivity index (χ3v) is 4.82. The van der Waals surface area contributed by atoms with Crippen molar-refractivity contribution in [2.75, 3.05) is 0 Å². The Hall–Kier alpha value is -3.29. The molecule has 1 aliphatic rings. The first-order chi connectivity index (χ1) is 13.4. The van der Waals surface area contributed by atoms with E-state index < -0.39 is 11.8 Å². The Morgan fingerprint density at radius 3 is 2.61 bits per heavy atom. The van der Waals surface area contributed by atoms with Gasteiger partial charge >= 0.3 is 0 Å². The summed E-state index contributed by atoms with van der Waals surface area (Å²) < 4.78 is 14.6. The number of rotatable bonds is 4. The number of halogens is 1. The zero-order valence-electron chi connectivity index (χ0n) is 15.6. The van der Waals surface area contributed by atoms with Gasteiger partial charge in [-0.1, -0.05) is 12.1 Å². The number of aryl methyl sites for hydroxylation is 2. The number of hydrogen-bond donors (Lipinski definition) is 2. The zero-order valence-corrected chi connectivity index (χ0v) is 15.6. The molecule has 1 fully saturated rings. The summed E-state index contributed by atoms with van der Waals surface area (Å²) in [5, 5.41) is 5.05. The van der Waals surface area contributed by atoms with Crippen LogP contribution in [0.5, 0.6) is 0 Å². The Morgan fingerprint density at radius 2 is 1.93 bits per heavy atom. The number of pyridine rings is 1. The van der Waals surface area contributed by atoms with Gasteiger partial charge in [0.1, 0.15) is 5.82 Å². The van der Waals surface area contributed by atoms with Gasteiger partial charge in [-0.3, -0.25) is 25.1 Å². The van der Waals surface area contributed by atoms with E-state index in [1.54, 1.807) is 17.8 Å². The molecule has 8 heteroatoms.